The van der Waals surface area contributed by atoms with Gasteiger partial charge in [0.1, 0.15) is 11.9 Å². The van der Waals surface area contributed by atoms with Crippen molar-refractivity contribution < 1.29 is 9.18 Å². The van der Waals surface area contributed by atoms with Crippen LogP contribution in [0, 0.1) is 12.7 Å². The van der Waals surface area contributed by atoms with Crippen LogP contribution < -0.4 is 10.6 Å². The number of nitrogens with zero attached hydrogens (tertiary/aromatic N) is 1. The van der Waals surface area contributed by atoms with Gasteiger partial charge in [-0.15, -0.1) is 0 Å². The number of nitrogens with two attached hydrogens (primary N) is 1. The number of hydrogen-bond acceptors (Lipinski definition) is 2. The van der Waals surface area contributed by atoms with Crippen LogP contribution in [-0.4, -0.2) is 11.9 Å². The van der Waals surface area contributed by atoms with Crippen molar-refractivity contribution in [3.05, 3.63) is 65.5 Å². The average Bonchev–Trinajstić information content (AvgIpc) is 2.45. The maximum atomic E-state index is 13.9. The first-order valence-electron chi connectivity index (χ1n) is 6.49. The van der Waals surface area contributed by atoms with E-state index in [0.717, 1.165) is 11.3 Å². The van der Waals surface area contributed by atoms with Gasteiger partial charge in [-0.25, -0.2) is 4.39 Å². The van der Waals surface area contributed by atoms with E-state index >= 15 is 0 Å². The fourth-order valence-electron chi connectivity index (χ4n) is 2.62. The molecule has 0 radical (unpaired) electrons. The second-order valence-corrected chi connectivity index (χ2v) is 5.04. The van der Waals surface area contributed by atoms with Crippen molar-refractivity contribution in [2.75, 3.05) is 4.90 Å². The van der Waals surface area contributed by atoms with E-state index in [9.17, 15) is 9.18 Å². The van der Waals surface area contributed by atoms with Gasteiger partial charge < -0.3 is 10.6 Å². The van der Waals surface area contributed by atoms with E-state index in [0.29, 0.717) is 5.56 Å². The molecule has 3 rings (SSSR count). The molecule has 0 saturated carbocycles. The topological polar surface area (TPSA) is 46.3 Å². The Hall–Kier alpha value is -2.20. The van der Waals surface area contributed by atoms with Crippen LogP contribution in [0.4, 0.5) is 10.1 Å². The van der Waals surface area contributed by atoms with E-state index in [4.69, 9.17) is 5.73 Å². The number of rotatable bonds is 2. The van der Waals surface area contributed by atoms with Gasteiger partial charge >= 0.3 is 0 Å². The molecule has 2 N–H and O–H groups in total. The number of aryl methyl sites for hydroxylation is 1. The van der Waals surface area contributed by atoms with Crippen molar-refractivity contribution in [1.29, 1.82) is 0 Å². The van der Waals surface area contributed by atoms with Crippen LogP contribution >= 0.6 is 0 Å². The van der Waals surface area contributed by atoms with Crippen molar-refractivity contribution >= 4 is 11.6 Å². The third-order valence-electron chi connectivity index (χ3n) is 3.64. The molecule has 0 bridgehead atoms. The van der Waals surface area contributed by atoms with Crippen LogP contribution in [0.1, 0.15) is 17.2 Å². The third-order valence-corrected chi connectivity index (χ3v) is 3.64. The standard InChI is InChI=1S/C16H15FN2O/c1-10-5-4-6-11(9-10)19-15(14(18)16(19)20)12-7-2-3-8-13(12)17/h2-9,14-15H,18H2,1H3/t14-,15+/m0/s1. The lowest BCUT2D eigenvalue weighted by molar-refractivity contribution is -0.126. The molecule has 0 aromatic heterocycles. The molecule has 102 valence electrons. The number of halogens is 1. The second kappa shape index (κ2) is 4.72. The van der Waals surface area contributed by atoms with Crippen LogP contribution in [0.15, 0.2) is 48.5 Å². The van der Waals surface area contributed by atoms with Crippen LogP contribution in [-0.2, 0) is 4.79 Å². The summed E-state index contributed by atoms with van der Waals surface area (Å²) in [5.74, 6) is -0.512. The number of anilines is 1. The minimum absolute atomic E-state index is 0.177. The minimum atomic E-state index is -0.688. The van der Waals surface area contributed by atoms with E-state index < -0.39 is 12.1 Å². The van der Waals surface area contributed by atoms with Gasteiger partial charge in [0.2, 0.25) is 5.91 Å². The predicted octanol–water partition coefficient (Wildman–Crippen LogP) is 2.55. The number of carbonyl (C=O) groups is 1. The molecule has 3 nitrogen and oxygen atoms in total. The van der Waals surface area contributed by atoms with Gasteiger partial charge in [-0.3, -0.25) is 4.79 Å². The van der Waals surface area contributed by atoms with Crippen LogP contribution in [0.5, 0.6) is 0 Å². The maximum Gasteiger partial charge on any atom is 0.247 e. The molecule has 0 spiro atoms. The lowest BCUT2D eigenvalue weighted by Crippen LogP contribution is -2.63. The van der Waals surface area contributed by atoms with Crippen LogP contribution in [0.2, 0.25) is 0 Å². The summed E-state index contributed by atoms with van der Waals surface area (Å²) >= 11 is 0. The van der Waals surface area contributed by atoms with Gasteiger partial charge in [-0.1, -0.05) is 30.3 Å². The Labute approximate surface area is 116 Å². The van der Waals surface area contributed by atoms with Crippen molar-refractivity contribution in [1.82, 2.24) is 0 Å². The lowest BCUT2D eigenvalue weighted by Gasteiger charge is -2.45. The molecule has 1 fully saturated rings. The summed E-state index contributed by atoms with van der Waals surface area (Å²) in [7, 11) is 0. The van der Waals surface area contributed by atoms with E-state index in [-0.39, 0.29) is 11.7 Å². The zero-order valence-corrected chi connectivity index (χ0v) is 11.1. The molecule has 20 heavy (non-hydrogen) atoms. The number of amides is 1. The highest BCUT2D eigenvalue weighted by Crippen LogP contribution is 2.39. The summed E-state index contributed by atoms with van der Waals surface area (Å²) in [6.07, 6.45) is 0. The predicted molar refractivity (Wildman–Crippen MR) is 75.8 cm³/mol. The first kappa shape index (κ1) is 12.8. The summed E-state index contributed by atoms with van der Waals surface area (Å²) < 4.78 is 13.9. The Morgan fingerprint density at radius 1 is 1.15 bits per heavy atom. The fraction of sp³-hybridized carbons (Fsp3) is 0.188. The molecule has 0 unspecified atom stereocenters. The summed E-state index contributed by atoms with van der Waals surface area (Å²) in [4.78, 5) is 13.6. The largest absolute Gasteiger partial charge is 0.318 e. The fourth-order valence-corrected chi connectivity index (χ4v) is 2.62. The lowest BCUT2D eigenvalue weighted by atomic mass is 9.88. The Morgan fingerprint density at radius 2 is 1.90 bits per heavy atom. The highest BCUT2D eigenvalue weighted by Gasteiger charge is 2.47. The third kappa shape index (κ3) is 1.89. The highest BCUT2D eigenvalue weighted by molar-refractivity contribution is 6.05. The summed E-state index contributed by atoms with van der Waals surface area (Å²) in [5.41, 5.74) is 8.13. The monoisotopic (exact) mass is 270 g/mol. The molecule has 2 aromatic carbocycles. The molecule has 1 saturated heterocycles. The molecule has 1 amide bonds. The molecule has 4 heteroatoms. The van der Waals surface area contributed by atoms with Crippen molar-refractivity contribution in [2.24, 2.45) is 5.73 Å². The van der Waals surface area contributed by atoms with Crippen LogP contribution in [0.25, 0.3) is 0 Å². The average molecular weight is 270 g/mol. The molecule has 2 atom stereocenters. The number of benzene rings is 2. The van der Waals surface area contributed by atoms with Gasteiger partial charge in [-0.2, -0.15) is 0 Å². The molecule has 1 aliphatic rings. The number of hydrogen-bond donors (Lipinski definition) is 1. The van der Waals surface area contributed by atoms with Crippen molar-refractivity contribution in [3.63, 3.8) is 0 Å². The molecule has 1 heterocycles. The van der Waals surface area contributed by atoms with Gasteiger partial charge in [0, 0.05) is 11.3 Å². The van der Waals surface area contributed by atoms with Crippen molar-refractivity contribution in [2.45, 2.75) is 19.0 Å². The Kier molecular flexibility index (Phi) is 3.03. The second-order valence-electron chi connectivity index (χ2n) is 5.04. The summed E-state index contributed by atoms with van der Waals surface area (Å²) in [6, 6.07) is 12.9. The molecule has 1 aliphatic heterocycles. The van der Waals surface area contributed by atoms with E-state index in [1.165, 1.54) is 6.07 Å². The molecule has 2 aromatic rings. The van der Waals surface area contributed by atoms with Gasteiger partial charge in [-0.05, 0) is 30.7 Å². The SMILES string of the molecule is Cc1cccc(N2C(=O)[C@@H](N)[C@H]2c2ccccc2F)c1. The summed E-state index contributed by atoms with van der Waals surface area (Å²) in [5, 5.41) is 0. The van der Waals surface area contributed by atoms with Crippen molar-refractivity contribution in [3.8, 4) is 0 Å². The van der Waals surface area contributed by atoms with E-state index in [1.807, 2.05) is 31.2 Å². The van der Waals surface area contributed by atoms with Gasteiger partial charge in [0.15, 0.2) is 0 Å². The first-order chi connectivity index (χ1) is 9.59. The highest BCUT2D eigenvalue weighted by atomic mass is 19.1. The number of carbonyl (C=O) groups excluding carboxylic acids is 1. The Balaban J connectivity index is 2.02. The Morgan fingerprint density at radius 3 is 2.60 bits per heavy atom. The zero-order chi connectivity index (χ0) is 14.3. The molecule has 0 aliphatic carbocycles. The quantitative estimate of drug-likeness (QED) is 0.852. The molecular weight excluding hydrogens is 255 g/mol. The van der Waals surface area contributed by atoms with Crippen LogP contribution in [0.3, 0.4) is 0 Å². The maximum absolute atomic E-state index is 13.9. The van der Waals surface area contributed by atoms with Gasteiger partial charge in [0.05, 0.1) is 6.04 Å². The normalized spacial score (nSPS) is 21.8. The zero-order valence-electron chi connectivity index (χ0n) is 11.1. The van der Waals surface area contributed by atoms with Gasteiger partial charge in [0.25, 0.3) is 0 Å². The van der Waals surface area contributed by atoms with E-state index in [1.54, 1.807) is 23.1 Å². The Bertz CT molecular complexity index is 671. The summed E-state index contributed by atoms with van der Waals surface area (Å²) in [6.45, 7) is 1.95. The van der Waals surface area contributed by atoms with E-state index in [2.05, 4.69) is 0 Å². The number of β-lactam (4-membered cyclic amide) rings is 1. The smallest absolute Gasteiger partial charge is 0.247 e. The molecular formula is C16H15FN2O. The first-order valence-corrected chi connectivity index (χ1v) is 6.49. The minimum Gasteiger partial charge on any atom is -0.318 e.